The fourth-order valence-electron chi connectivity index (χ4n) is 3.38. The fourth-order valence-corrected chi connectivity index (χ4v) is 3.38. The highest BCUT2D eigenvalue weighted by atomic mass is 16.3. The third-order valence-corrected chi connectivity index (χ3v) is 5.22. The number of phenolic OH excluding ortho intramolecular Hbond substituents is 2. The second-order valence-corrected chi connectivity index (χ2v) is 7.33. The van der Waals surface area contributed by atoms with Crippen LogP contribution in [0.1, 0.15) is 22.3 Å². The Morgan fingerprint density at radius 2 is 1.81 bits per heavy atom. The molecule has 31 heavy (non-hydrogen) atoms. The van der Waals surface area contributed by atoms with E-state index in [0.29, 0.717) is 33.1 Å². The lowest BCUT2D eigenvalue weighted by atomic mass is 10.0. The van der Waals surface area contributed by atoms with E-state index >= 15 is 0 Å². The highest BCUT2D eigenvalue weighted by molar-refractivity contribution is 5.94. The van der Waals surface area contributed by atoms with Gasteiger partial charge in [0.2, 0.25) is 11.3 Å². The molecule has 0 aliphatic heterocycles. The van der Waals surface area contributed by atoms with Gasteiger partial charge in [0.25, 0.3) is 0 Å². The van der Waals surface area contributed by atoms with E-state index in [-0.39, 0.29) is 23.3 Å². The summed E-state index contributed by atoms with van der Waals surface area (Å²) < 4.78 is 6.10. The number of benzene rings is 3. The first-order valence-electron chi connectivity index (χ1n) is 9.63. The summed E-state index contributed by atoms with van der Waals surface area (Å²) in [7, 11) is 0. The Hall–Kier alpha value is -4.13. The molecule has 1 amide bonds. The molecular weight excluding hydrogens is 396 g/mol. The molecule has 0 spiro atoms. The van der Waals surface area contributed by atoms with E-state index in [0.717, 1.165) is 11.1 Å². The van der Waals surface area contributed by atoms with Crippen molar-refractivity contribution in [2.24, 2.45) is 5.10 Å². The van der Waals surface area contributed by atoms with Gasteiger partial charge in [-0.05, 0) is 60.9 Å². The van der Waals surface area contributed by atoms with Gasteiger partial charge in [0, 0.05) is 5.56 Å². The first-order chi connectivity index (χ1) is 14.8. The van der Waals surface area contributed by atoms with Crippen LogP contribution in [0.2, 0.25) is 0 Å². The van der Waals surface area contributed by atoms with Crippen LogP contribution in [0.15, 0.2) is 62.8 Å². The van der Waals surface area contributed by atoms with Crippen LogP contribution in [0.3, 0.4) is 0 Å². The zero-order valence-electron chi connectivity index (χ0n) is 17.0. The molecule has 7 nitrogen and oxygen atoms in total. The van der Waals surface area contributed by atoms with Crippen molar-refractivity contribution in [2.45, 2.75) is 20.3 Å². The van der Waals surface area contributed by atoms with Gasteiger partial charge in [-0.1, -0.05) is 18.2 Å². The standard InChI is InChI=1S/C24H20N2O5/c1-13-6-8-18-22(30)17-5-3-4-16(24(17)31-23(18)14(13)2)11-21(29)26-25-12-15-7-9-19(27)20(28)10-15/h3-10,12,27-28H,11H2,1-2H3,(H,26,29)/b25-12+. The summed E-state index contributed by atoms with van der Waals surface area (Å²) in [5, 5.41) is 23.6. The van der Waals surface area contributed by atoms with E-state index in [1.54, 1.807) is 30.3 Å². The quantitative estimate of drug-likeness (QED) is 0.203. The van der Waals surface area contributed by atoms with E-state index in [4.69, 9.17) is 4.42 Å². The second kappa shape index (κ2) is 7.95. The monoisotopic (exact) mass is 416 g/mol. The van der Waals surface area contributed by atoms with Crippen LogP contribution in [0.5, 0.6) is 11.5 Å². The third kappa shape index (κ3) is 3.85. The Labute approximate surface area is 177 Å². The fraction of sp³-hybridized carbons (Fsp3) is 0.125. The molecule has 7 heteroatoms. The normalized spacial score (nSPS) is 11.4. The van der Waals surface area contributed by atoms with Gasteiger partial charge in [0.15, 0.2) is 11.5 Å². The van der Waals surface area contributed by atoms with E-state index in [1.165, 1.54) is 18.3 Å². The number of rotatable bonds is 4. The molecule has 3 aromatic carbocycles. The van der Waals surface area contributed by atoms with Crippen molar-refractivity contribution in [3.8, 4) is 11.5 Å². The summed E-state index contributed by atoms with van der Waals surface area (Å²) in [6.07, 6.45) is 1.31. The molecule has 0 fully saturated rings. The minimum atomic E-state index is -0.393. The van der Waals surface area contributed by atoms with E-state index < -0.39 is 5.91 Å². The van der Waals surface area contributed by atoms with Gasteiger partial charge in [-0.25, -0.2) is 5.43 Å². The summed E-state index contributed by atoms with van der Waals surface area (Å²) in [5.74, 6) is -0.911. The summed E-state index contributed by atoms with van der Waals surface area (Å²) in [6.45, 7) is 3.85. The molecule has 4 rings (SSSR count). The Morgan fingerprint density at radius 3 is 2.58 bits per heavy atom. The Bertz CT molecular complexity index is 1420. The number of aryl methyl sites for hydroxylation is 2. The van der Waals surface area contributed by atoms with Gasteiger partial charge in [-0.15, -0.1) is 0 Å². The zero-order valence-corrected chi connectivity index (χ0v) is 17.0. The Kier molecular flexibility index (Phi) is 5.17. The van der Waals surface area contributed by atoms with E-state index in [2.05, 4.69) is 10.5 Å². The van der Waals surface area contributed by atoms with Crippen LogP contribution in [0.4, 0.5) is 0 Å². The molecule has 0 aliphatic rings. The number of carbonyl (C=O) groups excluding carboxylic acids is 1. The van der Waals surface area contributed by atoms with Crippen molar-refractivity contribution in [1.29, 1.82) is 0 Å². The largest absolute Gasteiger partial charge is 0.504 e. The van der Waals surface area contributed by atoms with Gasteiger partial charge in [-0.2, -0.15) is 5.10 Å². The highest BCUT2D eigenvalue weighted by Gasteiger charge is 2.15. The predicted octanol–water partition coefficient (Wildman–Crippen LogP) is 3.67. The number of para-hydroxylation sites is 1. The molecular formula is C24H20N2O5. The van der Waals surface area contributed by atoms with Crippen molar-refractivity contribution < 1.29 is 19.4 Å². The number of carbonyl (C=O) groups is 1. The van der Waals surface area contributed by atoms with Gasteiger partial charge < -0.3 is 14.6 Å². The van der Waals surface area contributed by atoms with Crippen LogP contribution >= 0.6 is 0 Å². The molecule has 0 saturated heterocycles. The summed E-state index contributed by atoms with van der Waals surface area (Å²) in [5.41, 5.74) is 6.17. The predicted molar refractivity (Wildman–Crippen MR) is 119 cm³/mol. The lowest BCUT2D eigenvalue weighted by Crippen LogP contribution is -2.20. The number of hydrazone groups is 1. The molecule has 3 N–H and O–H groups in total. The minimum Gasteiger partial charge on any atom is -0.504 e. The summed E-state index contributed by atoms with van der Waals surface area (Å²) in [6, 6.07) is 13.0. The number of aromatic hydroxyl groups is 2. The maximum atomic E-state index is 12.9. The molecule has 1 heterocycles. The third-order valence-electron chi connectivity index (χ3n) is 5.22. The van der Waals surface area contributed by atoms with E-state index in [1.807, 2.05) is 19.9 Å². The van der Waals surface area contributed by atoms with Crippen LogP contribution in [-0.2, 0) is 11.2 Å². The molecule has 0 radical (unpaired) electrons. The zero-order chi connectivity index (χ0) is 22.1. The lowest BCUT2D eigenvalue weighted by molar-refractivity contribution is -0.120. The minimum absolute atomic E-state index is 0.0329. The maximum Gasteiger partial charge on any atom is 0.244 e. The Balaban J connectivity index is 1.62. The first kappa shape index (κ1) is 20.2. The number of hydrogen-bond acceptors (Lipinski definition) is 6. The second-order valence-electron chi connectivity index (χ2n) is 7.33. The van der Waals surface area contributed by atoms with Crippen molar-refractivity contribution in [1.82, 2.24) is 5.43 Å². The highest BCUT2D eigenvalue weighted by Crippen LogP contribution is 2.26. The van der Waals surface area contributed by atoms with Crippen molar-refractivity contribution in [2.75, 3.05) is 0 Å². The number of nitrogens with one attached hydrogen (secondary N) is 1. The van der Waals surface area contributed by atoms with Crippen LogP contribution in [-0.4, -0.2) is 22.3 Å². The van der Waals surface area contributed by atoms with Crippen LogP contribution in [0.25, 0.3) is 21.9 Å². The molecule has 0 unspecified atom stereocenters. The maximum absolute atomic E-state index is 12.9. The lowest BCUT2D eigenvalue weighted by Gasteiger charge is -2.09. The van der Waals surface area contributed by atoms with Gasteiger partial charge in [-0.3, -0.25) is 9.59 Å². The van der Waals surface area contributed by atoms with Gasteiger partial charge >= 0.3 is 0 Å². The SMILES string of the molecule is Cc1ccc2c(=O)c3cccc(CC(=O)N/N=C/c4ccc(O)c(O)c4)c3oc2c1C. The molecule has 1 aromatic heterocycles. The molecule has 0 aliphatic carbocycles. The topological polar surface area (TPSA) is 112 Å². The number of hydrogen-bond donors (Lipinski definition) is 3. The number of fused-ring (bicyclic) bond motifs is 2. The van der Waals surface area contributed by atoms with Crippen LogP contribution in [0, 0.1) is 13.8 Å². The number of phenols is 2. The van der Waals surface area contributed by atoms with Crippen LogP contribution < -0.4 is 10.9 Å². The molecule has 0 bridgehead atoms. The molecule has 0 atom stereocenters. The molecule has 0 saturated carbocycles. The Morgan fingerprint density at radius 1 is 1.03 bits per heavy atom. The molecule has 156 valence electrons. The van der Waals surface area contributed by atoms with Crippen molar-refractivity contribution in [3.63, 3.8) is 0 Å². The smallest absolute Gasteiger partial charge is 0.244 e. The van der Waals surface area contributed by atoms with Gasteiger partial charge in [0.1, 0.15) is 11.2 Å². The molecule has 4 aromatic rings. The summed E-state index contributed by atoms with van der Waals surface area (Å²) in [4.78, 5) is 25.4. The van der Waals surface area contributed by atoms with Crippen molar-refractivity contribution in [3.05, 3.63) is 81.0 Å². The van der Waals surface area contributed by atoms with E-state index in [9.17, 15) is 19.8 Å². The number of amides is 1. The van der Waals surface area contributed by atoms with Crippen molar-refractivity contribution >= 4 is 34.1 Å². The average Bonchev–Trinajstić information content (AvgIpc) is 2.74. The number of nitrogens with zero attached hydrogens (tertiary/aromatic N) is 1. The summed E-state index contributed by atoms with van der Waals surface area (Å²) >= 11 is 0. The first-order valence-corrected chi connectivity index (χ1v) is 9.63. The average molecular weight is 416 g/mol. The van der Waals surface area contributed by atoms with Gasteiger partial charge in [0.05, 0.1) is 23.4 Å².